The molecule has 0 spiro atoms. The number of aryl methyl sites for hydroxylation is 1. The minimum absolute atomic E-state index is 0.271. The summed E-state index contributed by atoms with van der Waals surface area (Å²) in [6.07, 6.45) is -0.586. The maximum Gasteiger partial charge on any atom is 0.412 e. The molecule has 5 nitrogen and oxygen atoms in total. The summed E-state index contributed by atoms with van der Waals surface area (Å²) in [5.74, 6) is 1.08. The summed E-state index contributed by atoms with van der Waals surface area (Å²) in [7, 11) is 0. The Bertz CT molecular complexity index is 689. The Balaban J connectivity index is 2.02. The van der Waals surface area contributed by atoms with E-state index in [1.165, 1.54) is 18.2 Å². The van der Waals surface area contributed by atoms with E-state index >= 15 is 0 Å². The van der Waals surface area contributed by atoms with Gasteiger partial charge in [0, 0.05) is 5.69 Å². The maximum atomic E-state index is 13.8. The number of carbonyl (C=O) groups is 1. The highest BCUT2D eigenvalue weighted by Gasteiger charge is 2.16. The Kier molecular flexibility index (Phi) is 4.93. The second-order valence-corrected chi connectivity index (χ2v) is 6.19. The quantitative estimate of drug-likeness (QED) is 0.858. The summed E-state index contributed by atoms with van der Waals surface area (Å²) in [5.41, 5.74) is 0.119. The van der Waals surface area contributed by atoms with Gasteiger partial charge in [0.1, 0.15) is 22.9 Å². The average Bonchev–Trinajstić information content (AvgIpc) is 2.83. The number of hydrogen-bond donors (Lipinski definition) is 2. The van der Waals surface area contributed by atoms with Crippen LogP contribution in [0.25, 0.3) is 0 Å². The molecule has 0 atom stereocenters. The highest BCUT2D eigenvalue weighted by atomic mass is 19.1. The summed E-state index contributed by atoms with van der Waals surface area (Å²) < 4.78 is 24.4. The summed E-state index contributed by atoms with van der Waals surface area (Å²) in [5, 5.41) is 5.52. The van der Waals surface area contributed by atoms with Gasteiger partial charge < -0.3 is 14.5 Å². The van der Waals surface area contributed by atoms with E-state index in [1.54, 1.807) is 20.8 Å². The first-order valence-electron chi connectivity index (χ1n) is 7.32. The van der Waals surface area contributed by atoms with Gasteiger partial charge in [-0.3, -0.25) is 5.32 Å². The van der Waals surface area contributed by atoms with E-state index in [9.17, 15) is 9.18 Å². The first-order chi connectivity index (χ1) is 10.7. The predicted molar refractivity (Wildman–Crippen MR) is 87.0 cm³/mol. The molecule has 0 aliphatic carbocycles. The van der Waals surface area contributed by atoms with E-state index in [4.69, 9.17) is 9.15 Å². The van der Waals surface area contributed by atoms with Crippen molar-refractivity contribution in [2.75, 3.05) is 10.6 Å². The Hall–Kier alpha value is -2.50. The van der Waals surface area contributed by atoms with Crippen molar-refractivity contribution in [3.05, 3.63) is 47.7 Å². The van der Waals surface area contributed by atoms with Gasteiger partial charge in [0.2, 0.25) is 0 Å². The van der Waals surface area contributed by atoms with Crippen molar-refractivity contribution >= 4 is 17.5 Å². The lowest BCUT2D eigenvalue weighted by molar-refractivity contribution is 0.0636. The number of rotatable bonds is 4. The molecular weight excluding hydrogens is 299 g/mol. The SMILES string of the molecule is Cc1ccc(CNc2cc(NC(=O)OC(C)(C)C)ccc2F)o1. The molecule has 1 aromatic carbocycles. The van der Waals surface area contributed by atoms with Gasteiger partial charge in [-0.15, -0.1) is 0 Å². The number of benzene rings is 1. The van der Waals surface area contributed by atoms with Crippen LogP contribution < -0.4 is 10.6 Å². The van der Waals surface area contributed by atoms with E-state index in [2.05, 4.69) is 10.6 Å². The summed E-state index contributed by atoms with van der Waals surface area (Å²) in [6, 6.07) is 7.93. The molecule has 0 saturated carbocycles. The molecule has 0 aliphatic rings. The minimum Gasteiger partial charge on any atom is -0.465 e. The highest BCUT2D eigenvalue weighted by molar-refractivity contribution is 5.85. The number of carbonyl (C=O) groups excluding carboxylic acids is 1. The monoisotopic (exact) mass is 320 g/mol. The second kappa shape index (κ2) is 6.73. The maximum absolute atomic E-state index is 13.8. The number of ether oxygens (including phenoxy) is 1. The standard InChI is InChI=1S/C17H21FN2O3/c1-11-5-7-13(22-11)10-19-15-9-12(6-8-14(15)18)20-16(21)23-17(2,3)4/h5-9,19H,10H2,1-4H3,(H,20,21). The van der Waals surface area contributed by atoms with Crippen molar-refractivity contribution in [2.24, 2.45) is 0 Å². The van der Waals surface area contributed by atoms with Crippen molar-refractivity contribution in [1.82, 2.24) is 0 Å². The number of anilines is 2. The Labute approximate surface area is 134 Å². The third-order valence-corrected chi connectivity index (χ3v) is 2.86. The molecule has 2 aromatic rings. The van der Waals surface area contributed by atoms with Crippen LogP contribution >= 0.6 is 0 Å². The lowest BCUT2D eigenvalue weighted by atomic mass is 10.2. The van der Waals surface area contributed by atoms with E-state index in [1.807, 2.05) is 19.1 Å². The first kappa shape index (κ1) is 16.9. The molecule has 0 saturated heterocycles. The molecule has 0 bridgehead atoms. The zero-order chi connectivity index (χ0) is 17.0. The highest BCUT2D eigenvalue weighted by Crippen LogP contribution is 2.21. The van der Waals surface area contributed by atoms with Crippen molar-refractivity contribution in [3.8, 4) is 0 Å². The molecule has 1 amide bonds. The fourth-order valence-corrected chi connectivity index (χ4v) is 1.92. The van der Waals surface area contributed by atoms with Gasteiger partial charge in [-0.1, -0.05) is 0 Å². The van der Waals surface area contributed by atoms with E-state index in [0.717, 1.165) is 5.76 Å². The van der Waals surface area contributed by atoms with Crippen LogP contribution in [0.3, 0.4) is 0 Å². The Morgan fingerprint density at radius 3 is 2.61 bits per heavy atom. The topological polar surface area (TPSA) is 63.5 Å². The third-order valence-electron chi connectivity index (χ3n) is 2.86. The van der Waals surface area contributed by atoms with Crippen LogP contribution in [0.4, 0.5) is 20.6 Å². The predicted octanol–water partition coefficient (Wildman–Crippen LogP) is 4.69. The fourth-order valence-electron chi connectivity index (χ4n) is 1.92. The lowest BCUT2D eigenvalue weighted by Gasteiger charge is -2.20. The smallest absolute Gasteiger partial charge is 0.412 e. The fraction of sp³-hybridized carbons (Fsp3) is 0.353. The van der Waals surface area contributed by atoms with Gasteiger partial charge in [-0.05, 0) is 58.0 Å². The lowest BCUT2D eigenvalue weighted by Crippen LogP contribution is -2.27. The number of furan rings is 1. The first-order valence-corrected chi connectivity index (χ1v) is 7.32. The Morgan fingerprint density at radius 2 is 2.00 bits per heavy atom. The van der Waals surface area contributed by atoms with Gasteiger partial charge in [0.25, 0.3) is 0 Å². The summed E-state index contributed by atoms with van der Waals surface area (Å²) in [4.78, 5) is 11.7. The van der Waals surface area contributed by atoms with Crippen LogP contribution in [0.1, 0.15) is 32.3 Å². The van der Waals surface area contributed by atoms with Crippen LogP contribution in [0, 0.1) is 12.7 Å². The van der Waals surface area contributed by atoms with Crippen LogP contribution in [0.5, 0.6) is 0 Å². The summed E-state index contributed by atoms with van der Waals surface area (Å²) in [6.45, 7) is 7.51. The number of nitrogens with one attached hydrogen (secondary N) is 2. The van der Waals surface area contributed by atoms with E-state index in [0.29, 0.717) is 18.0 Å². The minimum atomic E-state index is -0.595. The molecule has 2 N–H and O–H groups in total. The molecule has 2 rings (SSSR count). The van der Waals surface area contributed by atoms with E-state index < -0.39 is 17.5 Å². The average molecular weight is 320 g/mol. The molecule has 1 heterocycles. The molecule has 23 heavy (non-hydrogen) atoms. The Morgan fingerprint density at radius 1 is 1.26 bits per heavy atom. The molecule has 0 fully saturated rings. The third kappa shape index (κ3) is 5.32. The largest absolute Gasteiger partial charge is 0.465 e. The van der Waals surface area contributed by atoms with Crippen molar-refractivity contribution < 1.29 is 18.3 Å². The van der Waals surface area contributed by atoms with Gasteiger partial charge >= 0.3 is 6.09 Å². The van der Waals surface area contributed by atoms with Crippen LogP contribution in [-0.4, -0.2) is 11.7 Å². The molecule has 0 unspecified atom stereocenters. The van der Waals surface area contributed by atoms with Crippen LogP contribution in [0.2, 0.25) is 0 Å². The van der Waals surface area contributed by atoms with E-state index in [-0.39, 0.29) is 5.69 Å². The number of hydrogen-bond acceptors (Lipinski definition) is 4. The van der Waals surface area contributed by atoms with Crippen molar-refractivity contribution in [3.63, 3.8) is 0 Å². The second-order valence-electron chi connectivity index (χ2n) is 6.19. The van der Waals surface area contributed by atoms with Crippen molar-refractivity contribution in [1.29, 1.82) is 0 Å². The summed E-state index contributed by atoms with van der Waals surface area (Å²) >= 11 is 0. The zero-order valence-corrected chi connectivity index (χ0v) is 13.7. The van der Waals surface area contributed by atoms with Gasteiger partial charge in [0.15, 0.2) is 0 Å². The zero-order valence-electron chi connectivity index (χ0n) is 13.7. The number of halogens is 1. The molecule has 0 aliphatic heterocycles. The van der Waals surface area contributed by atoms with Gasteiger partial charge in [-0.2, -0.15) is 0 Å². The van der Waals surface area contributed by atoms with Crippen LogP contribution in [0.15, 0.2) is 34.7 Å². The van der Waals surface area contributed by atoms with Crippen LogP contribution in [-0.2, 0) is 11.3 Å². The molecule has 1 aromatic heterocycles. The number of amides is 1. The molecule has 6 heteroatoms. The normalized spacial score (nSPS) is 11.2. The molecule has 124 valence electrons. The van der Waals surface area contributed by atoms with Crippen molar-refractivity contribution in [2.45, 2.75) is 39.8 Å². The van der Waals surface area contributed by atoms with Gasteiger partial charge in [-0.25, -0.2) is 9.18 Å². The van der Waals surface area contributed by atoms with Gasteiger partial charge in [0.05, 0.1) is 12.2 Å². The molecule has 0 radical (unpaired) electrons. The molecular formula is C17H21FN2O3.